The minimum absolute atomic E-state index is 0.0697. The average molecular weight is 460 g/mol. The molecule has 0 atom stereocenters. The van der Waals surface area contributed by atoms with Gasteiger partial charge in [-0.15, -0.1) is 0 Å². The van der Waals surface area contributed by atoms with Crippen molar-refractivity contribution >= 4 is 54.4 Å². The van der Waals surface area contributed by atoms with Crippen LogP contribution in [0.5, 0.6) is 0 Å². The van der Waals surface area contributed by atoms with Gasteiger partial charge in [-0.25, -0.2) is 0 Å². The van der Waals surface area contributed by atoms with Crippen LogP contribution in [0.15, 0.2) is 51.4 Å². The molecule has 4 rings (SSSR count). The van der Waals surface area contributed by atoms with E-state index in [2.05, 4.69) is 37.2 Å². The summed E-state index contributed by atoms with van der Waals surface area (Å²) in [5.41, 5.74) is 4.61. The maximum absolute atomic E-state index is 13.2. The number of amides is 1. The topological polar surface area (TPSA) is 42.0 Å². The van der Waals surface area contributed by atoms with Gasteiger partial charge >= 0.3 is 0 Å². The van der Waals surface area contributed by atoms with E-state index in [9.17, 15) is 4.79 Å². The third kappa shape index (κ3) is 3.23. The molecule has 3 aromatic rings. The van der Waals surface area contributed by atoms with Gasteiger partial charge in [0.15, 0.2) is 0 Å². The lowest BCUT2D eigenvalue weighted by atomic mass is 9.89. The number of nitrogens with one attached hydrogen (secondary N) is 1. The first-order valence-corrected chi connectivity index (χ1v) is 9.89. The Labute approximate surface area is 163 Å². The largest absolute Gasteiger partial charge is 0.321 e. The number of aromatic nitrogens is 1. The zero-order chi connectivity index (χ0) is 17.4. The lowest BCUT2D eigenvalue weighted by Crippen LogP contribution is -2.19. The Hall–Kier alpha value is -1.72. The number of carbonyl (C=O) groups excluding carboxylic acids is 1. The van der Waals surface area contributed by atoms with Gasteiger partial charge in [0.2, 0.25) is 0 Å². The first-order chi connectivity index (χ1) is 12.1. The Balaban J connectivity index is 1.83. The van der Waals surface area contributed by atoms with E-state index in [-0.39, 0.29) is 5.91 Å². The first-order valence-electron chi connectivity index (χ1n) is 8.30. The number of nitrogens with zero attached hydrogens (tertiary/aromatic N) is 1. The van der Waals surface area contributed by atoms with Crippen molar-refractivity contribution in [2.45, 2.75) is 25.7 Å². The molecule has 0 unspecified atom stereocenters. The van der Waals surface area contributed by atoms with Crippen LogP contribution in [0.4, 0.5) is 5.69 Å². The highest BCUT2D eigenvalue weighted by molar-refractivity contribution is 9.11. The van der Waals surface area contributed by atoms with Crippen molar-refractivity contribution < 1.29 is 4.79 Å². The molecule has 0 saturated carbocycles. The van der Waals surface area contributed by atoms with E-state index in [1.807, 2.05) is 42.5 Å². The SMILES string of the molecule is O=C(Nc1ccc(Br)cc1Br)c1c2c(nc3ccccc13)CCCC2. The normalized spacial score (nSPS) is 13.5. The predicted molar refractivity (Wildman–Crippen MR) is 108 cm³/mol. The first kappa shape index (κ1) is 16.7. The Morgan fingerprint density at radius 3 is 2.68 bits per heavy atom. The van der Waals surface area contributed by atoms with Crippen LogP contribution < -0.4 is 5.32 Å². The number of hydrogen-bond donors (Lipinski definition) is 1. The van der Waals surface area contributed by atoms with Crippen LogP contribution in [0, 0.1) is 0 Å². The molecule has 2 aromatic carbocycles. The number of halogens is 2. The van der Waals surface area contributed by atoms with E-state index in [1.165, 1.54) is 0 Å². The Kier molecular flexibility index (Phi) is 4.61. The van der Waals surface area contributed by atoms with E-state index < -0.39 is 0 Å². The van der Waals surface area contributed by atoms with Crippen LogP contribution in [-0.2, 0) is 12.8 Å². The third-order valence-corrected chi connectivity index (χ3v) is 5.73. The van der Waals surface area contributed by atoms with Crippen LogP contribution in [0.3, 0.4) is 0 Å². The summed E-state index contributed by atoms with van der Waals surface area (Å²) in [6.07, 6.45) is 4.10. The van der Waals surface area contributed by atoms with Crippen molar-refractivity contribution in [2.24, 2.45) is 0 Å². The second kappa shape index (κ2) is 6.89. The van der Waals surface area contributed by atoms with Crippen molar-refractivity contribution in [2.75, 3.05) is 5.32 Å². The number of benzene rings is 2. The number of hydrogen-bond acceptors (Lipinski definition) is 2. The summed E-state index contributed by atoms with van der Waals surface area (Å²) in [5.74, 6) is -0.0697. The number of rotatable bonds is 2. The molecule has 0 saturated heterocycles. The summed E-state index contributed by atoms with van der Waals surface area (Å²) >= 11 is 6.95. The van der Waals surface area contributed by atoms with Crippen molar-refractivity contribution in [1.29, 1.82) is 0 Å². The zero-order valence-corrected chi connectivity index (χ0v) is 16.7. The second-order valence-electron chi connectivity index (χ2n) is 6.21. The van der Waals surface area contributed by atoms with E-state index in [0.29, 0.717) is 0 Å². The van der Waals surface area contributed by atoms with Gasteiger partial charge in [0.25, 0.3) is 5.91 Å². The van der Waals surface area contributed by atoms with Crippen LogP contribution in [0.25, 0.3) is 10.9 Å². The summed E-state index contributed by atoms with van der Waals surface area (Å²) in [6.45, 7) is 0. The minimum atomic E-state index is -0.0697. The molecule has 0 fully saturated rings. The fourth-order valence-electron chi connectivity index (χ4n) is 3.41. The molecule has 1 amide bonds. The molecule has 5 heteroatoms. The van der Waals surface area contributed by atoms with Crippen LogP contribution in [0.1, 0.15) is 34.5 Å². The highest BCUT2D eigenvalue weighted by atomic mass is 79.9. The van der Waals surface area contributed by atoms with Gasteiger partial charge in [-0.1, -0.05) is 34.1 Å². The van der Waals surface area contributed by atoms with Crippen molar-refractivity contribution in [3.8, 4) is 0 Å². The quantitative estimate of drug-likeness (QED) is 0.519. The molecular weight excluding hydrogens is 444 g/mol. The fourth-order valence-corrected chi connectivity index (χ4v) is 4.55. The lowest BCUT2D eigenvalue weighted by Gasteiger charge is -2.20. The van der Waals surface area contributed by atoms with E-state index in [0.717, 1.165) is 68.0 Å². The number of fused-ring (bicyclic) bond motifs is 2. The Morgan fingerprint density at radius 1 is 1.04 bits per heavy atom. The summed E-state index contributed by atoms with van der Waals surface area (Å²) in [4.78, 5) is 18.0. The summed E-state index contributed by atoms with van der Waals surface area (Å²) in [5, 5.41) is 3.99. The molecule has 0 aliphatic heterocycles. The van der Waals surface area contributed by atoms with Gasteiger partial charge in [0, 0.05) is 20.0 Å². The van der Waals surface area contributed by atoms with Crippen molar-refractivity contribution in [3.05, 3.63) is 68.2 Å². The molecule has 0 radical (unpaired) electrons. The summed E-state index contributed by atoms with van der Waals surface area (Å²) < 4.78 is 1.81. The minimum Gasteiger partial charge on any atom is -0.321 e. The molecule has 0 bridgehead atoms. The van der Waals surface area contributed by atoms with Gasteiger partial charge in [-0.2, -0.15) is 0 Å². The van der Waals surface area contributed by atoms with E-state index in [1.54, 1.807) is 0 Å². The summed E-state index contributed by atoms with van der Waals surface area (Å²) in [6, 6.07) is 13.6. The molecule has 1 heterocycles. The molecule has 25 heavy (non-hydrogen) atoms. The fraction of sp³-hybridized carbons (Fsp3) is 0.200. The predicted octanol–water partition coefficient (Wildman–Crippen LogP) is 5.89. The Bertz CT molecular complexity index is 985. The number of para-hydroxylation sites is 1. The van der Waals surface area contributed by atoms with Crippen molar-refractivity contribution in [3.63, 3.8) is 0 Å². The van der Waals surface area contributed by atoms with Crippen LogP contribution >= 0.6 is 31.9 Å². The van der Waals surface area contributed by atoms with Crippen LogP contribution in [0.2, 0.25) is 0 Å². The third-order valence-electron chi connectivity index (χ3n) is 4.58. The molecule has 1 aliphatic carbocycles. The molecular formula is C20H16Br2N2O. The van der Waals surface area contributed by atoms with Gasteiger partial charge < -0.3 is 5.32 Å². The number of carbonyl (C=O) groups is 1. The number of anilines is 1. The van der Waals surface area contributed by atoms with Gasteiger partial charge in [0.05, 0.1) is 16.8 Å². The monoisotopic (exact) mass is 458 g/mol. The standard InChI is InChI=1S/C20H16Br2N2O/c21-12-9-10-18(15(22)11-12)24-20(25)19-13-5-1-3-7-16(13)23-17-8-4-2-6-14(17)19/h1,3,5,7,9-11H,2,4,6,8H2,(H,24,25). The number of aryl methyl sites for hydroxylation is 1. The Morgan fingerprint density at radius 2 is 1.84 bits per heavy atom. The molecule has 0 spiro atoms. The molecule has 1 aromatic heterocycles. The summed E-state index contributed by atoms with van der Waals surface area (Å²) in [7, 11) is 0. The highest BCUT2D eigenvalue weighted by Crippen LogP contribution is 2.31. The number of pyridine rings is 1. The average Bonchev–Trinajstić information content (AvgIpc) is 2.62. The molecule has 1 N–H and O–H groups in total. The molecule has 126 valence electrons. The van der Waals surface area contributed by atoms with Crippen molar-refractivity contribution in [1.82, 2.24) is 4.98 Å². The van der Waals surface area contributed by atoms with Gasteiger partial charge in [-0.3, -0.25) is 9.78 Å². The van der Waals surface area contributed by atoms with E-state index >= 15 is 0 Å². The van der Waals surface area contributed by atoms with Gasteiger partial charge in [0.1, 0.15) is 0 Å². The lowest BCUT2D eigenvalue weighted by molar-refractivity contribution is 0.102. The second-order valence-corrected chi connectivity index (χ2v) is 7.98. The molecule has 1 aliphatic rings. The maximum Gasteiger partial charge on any atom is 0.256 e. The smallest absolute Gasteiger partial charge is 0.256 e. The highest BCUT2D eigenvalue weighted by Gasteiger charge is 2.22. The van der Waals surface area contributed by atoms with Gasteiger partial charge in [-0.05, 0) is 71.4 Å². The zero-order valence-electron chi connectivity index (χ0n) is 13.5. The maximum atomic E-state index is 13.2. The van der Waals surface area contributed by atoms with Crippen LogP contribution in [-0.4, -0.2) is 10.9 Å². The van der Waals surface area contributed by atoms with E-state index in [4.69, 9.17) is 4.98 Å². The molecule has 3 nitrogen and oxygen atoms in total.